The number of rotatable bonds is 8. The molecule has 0 fully saturated rings. The summed E-state index contributed by atoms with van der Waals surface area (Å²) in [5.41, 5.74) is 1.35. The predicted molar refractivity (Wildman–Crippen MR) is 68.5 cm³/mol. The van der Waals surface area contributed by atoms with Crippen molar-refractivity contribution >= 4 is 0 Å². The molecule has 2 heteroatoms. The topological polar surface area (TPSA) is 21.3 Å². The summed E-state index contributed by atoms with van der Waals surface area (Å²) in [7, 11) is 0. The van der Waals surface area contributed by atoms with Crippen molar-refractivity contribution < 1.29 is 4.74 Å². The number of ether oxygens (including phenoxy) is 1. The highest BCUT2D eigenvalue weighted by molar-refractivity contribution is 5.14. The fourth-order valence-corrected chi connectivity index (χ4v) is 1.50. The van der Waals surface area contributed by atoms with Crippen molar-refractivity contribution in [3.63, 3.8) is 0 Å². The third-order valence-electron chi connectivity index (χ3n) is 2.37. The Labute approximate surface area is 99.0 Å². The molecule has 0 heterocycles. The van der Waals surface area contributed by atoms with Crippen LogP contribution in [0.2, 0.25) is 0 Å². The Hall–Kier alpha value is -0.860. The lowest BCUT2D eigenvalue weighted by atomic mass is 10.2. The fraction of sp³-hybridized carbons (Fsp3) is 0.571. The lowest BCUT2D eigenvalue weighted by molar-refractivity contribution is 0.0760. The monoisotopic (exact) mass is 221 g/mol. The van der Waals surface area contributed by atoms with Gasteiger partial charge in [0.1, 0.15) is 0 Å². The van der Waals surface area contributed by atoms with Crippen LogP contribution in [0.25, 0.3) is 0 Å². The van der Waals surface area contributed by atoms with Gasteiger partial charge in [0.25, 0.3) is 0 Å². The van der Waals surface area contributed by atoms with Crippen molar-refractivity contribution in [1.82, 2.24) is 5.32 Å². The first-order valence-electron chi connectivity index (χ1n) is 6.15. The minimum atomic E-state index is 0.359. The van der Waals surface area contributed by atoms with E-state index < -0.39 is 0 Å². The number of hydrogen-bond donors (Lipinski definition) is 1. The van der Waals surface area contributed by atoms with Crippen LogP contribution in [-0.2, 0) is 11.3 Å². The van der Waals surface area contributed by atoms with E-state index in [0.29, 0.717) is 6.10 Å². The molecule has 0 amide bonds. The van der Waals surface area contributed by atoms with Gasteiger partial charge in [-0.05, 0) is 38.8 Å². The van der Waals surface area contributed by atoms with Crippen molar-refractivity contribution in [3.8, 4) is 0 Å². The molecular formula is C14H23NO. The summed E-state index contributed by atoms with van der Waals surface area (Å²) in [6.07, 6.45) is 2.68. The van der Waals surface area contributed by atoms with Crippen LogP contribution in [-0.4, -0.2) is 19.3 Å². The average molecular weight is 221 g/mol. The number of nitrogens with one attached hydrogen (secondary N) is 1. The molecule has 90 valence electrons. The minimum absolute atomic E-state index is 0.359. The van der Waals surface area contributed by atoms with Gasteiger partial charge in [0.05, 0.1) is 6.10 Å². The van der Waals surface area contributed by atoms with Gasteiger partial charge in [-0.3, -0.25) is 0 Å². The summed E-state index contributed by atoms with van der Waals surface area (Å²) < 4.78 is 5.48. The van der Waals surface area contributed by atoms with Crippen LogP contribution >= 0.6 is 0 Å². The van der Waals surface area contributed by atoms with Crippen LogP contribution in [0, 0.1) is 0 Å². The Bertz CT molecular complexity index is 259. The van der Waals surface area contributed by atoms with Crippen molar-refractivity contribution in [3.05, 3.63) is 35.9 Å². The molecule has 0 aliphatic heterocycles. The van der Waals surface area contributed by atoms with Crippen LogP contribution < -0.4 is 5.32 Å². The number of benzene rings is 1. The van der Waals surface area contributed by atoms with Crippen LogP contribution in [0.1, 0.15) is 32.3 Å². The SMILES string of the molecule is CC(C)OCCCCNCc1ccccc1. The molecule has 16 heavy (non-hydrogen) atoms. The highest BCUT2D eigenvalue weighted by Crippen LogP contribution is 1.98. The van der Waals surface area contributed by atoms with Gasteiger partial charge in [-0.2, -0.15) is 0 Å². The van der Waals surface area contributed by atoms with Crippen LogP contribution in [0.15, 0.2) is 30.3 Å². The molecule has 0 aliphatic rings. The van der Waals surface area contributed by atoms with Crippen molar-refractivity contribution in [1.29, 1.82) is 0 Å². The maximum absolute atomic E-state index is 5.48. The van der Waals surface area contributed by atoms with Crippen LogP contribution in [0.5, 0.6) is 0 Å². The largest absolute Gasteiger partial charge is 0.379 e. The average Bonchev–Trinajstić information content (AvgIpc) is 2.29. The zero-order valence-corrected chi connectivity index (χ0v) is 10.4. The first-order valence-corrected chi connectivity index (χ1v) is 6.15. The van der Waals surface area contributed by atoms with E-state index in [1.165, 1.54) is 12.0 Å². The molecular weight excluding hydrogens is 198 g/mol. The second-order valence-corrected chi connectivity index (χ2v) is 4.29. The Morgan fingerprint density at radius 1 is 1.12 bits per heavy atom. The third kappa shape index (κ3) is 6.59. The van der Waals surface area contributed by atoms with Crippen molar-refractivity contribution in [2.45, 2.75) is 39.3 Å². The molecule has 0 saturated carbocycles. The normalized spacial score (nSPS) is 10.9. The van der Waals surface area contributed by atoms with E-state index in [9.17, 15) is 0 Å². The fourth-order valence-electron chi connectivity index (χ4n) is 1.50. The van der Waals surface area contributed by atoms with Crippen molar-refractivity contribution in [2.75, 3.05) is 13.2 Å². The van der Waals surface area contributed by atoms with Gasteiger partial charge in [0.2, 0.25) is 0 Å². The standard InChI is InChI=1S/C14H23NO/c1-13(2)16-11-7-6-10-15-12-14-8-4-3-5-9-14/h3-5,8-9,13,15H,6-7,10-12H2,1-2H3. The van der Waals surface area contributed by atoms with Gasteiger partial charge in [0, 0.05) is 13.2 Å². The van der Waals surface area contributed by atoms with E-state index in [0.717, 1.165) is 26.1 Å². The molecule has 2 nitrogen and oxygen atoms in total. The van der Waals surface area contributed by atoms with E-state index in [1.807, 2.05) is 6.07 Å². The van der Waals surface area contributed by atoms with Gasteiger partial charge in [-0.15, -0.1) is 0 Å². The molecule has 0 aliphatic carbocycles. The third-order valence-corrected chi connectivity index (χ3v) is 2.37. The predicted octanol–water partition coefficient (Wildman–Crippen LogP) is 2.98. The zero-order chi connectivity index (χ0) is 11.6. The molecule has 0 unspecified atom stereocenters. The molecule has 0 saturated heterocycles. The molecule has 0 spiro atoms. The maximum atomic E-state index is 5.48. The summed E-state index contributed by atoms with van der Waals surface area (Å²) in [4.78, 5) is 0. The van der Waals surface area contributed by atoms with E-state index in [4.69, 9.17) is 4.74 Å². The molecule has 1 N–H and O–H groups in total. The van der Waals surface area contributed by atoms with Gasteiger partial charge < -0.3 is 10.1 Å². The van der Waals surface area contributed by atoms with Crippen molar-refractivity contribution in [2.24, 2.45) is 0 Å². The molecule has 1 rings (SSSR count). The van der Waals surface area contributed by atoms with Gasteiger partial charge in [0.15, 0.2) is 0 Å². The van der Waals surface area contributed by atoms with E-state index in [1.54, 1.807) is 0 Å². The molecule has 0 aromatic heterocycles. The first kappa shape index (κ1) is 13.2. The van der Waals surface area contributed by atoms with E-state index in [-0.39, 0.29) is 0 Å². The smallest absolute Gasteiger partial charge is 0.0518 e. The number of hydrogen-bond acceptors (Lipinski definition) is 2. The second kappa shape index (κ2) is 8.31. The second-order valence-electron chi connectivity index (χ2n) is 4.29. The Kier molecular flexibility index (Phi) is 6.86. The molecule has 1 aromatic rings. The van der Waals surface area contributed by atoms with E-state index >= 15 is 0 Å². The highest BCUT2D eigenvalue weighted by atomic mass is 16.5. The van der Waals surface area contributed by atoms with E-state index in [2.05, 4.69) is 43.4 Å². The summed E-state index contributed by atoms with van der Waals surface area (Å²) in [5, 5.41) is 3.43. The lowest BCUT2D eigenvalue weighted by Crippen LogP contribution is -2.15. The summed E-state index contributed by atoms with van der Waals surface area (Å²) in [6.45, 7) is 7.06. The number of unbranched alkanes of at least 4 members (excludes halogenated alkanes) is 1. The van der Waals surface area contributed by atoms with Crippen LogP contribution in [0.4, 0.5) is 0 Å². The molecule has 1 aromatic carbocycles. The maximum Gasteiger partial charge on any atom is 0.0518 e. The van der Waals surface area contributed by atoms with Crippen LogP contribution in [0.3, 0.4) is 0 Å². The molecule has 0 radical (unpaired) electrons. The Balaban J connectivity index is 1.93. The first-order chi connectivity index (χ1) is 7.79. The Morgan fingerprint density at radius 2 is 1.88 bits per heavy atom. The summed E-state index contributed by atoms with van der Waals surface area (Å²) >= 11 is 0. The molecule has 0 bridgehead atoms. The van der Waals surface area contributed by atoms with Gasteiger partial charge in [-0.25, -0.2) is 0 Å². The minimum Gasteiger partial charge on any atom is -0.379 e. The zero-order valence-electron chi connectivity index (χ0n) is 10.4. The summed E-state index contributed by atoms with van der Waals surface area (Å²) in [5.74, 6) is 0. The highest BCUT2D eigenvalue weighted by Gasteiger charge is 1.94. The lowest BCUT2D eigenvalue weighted by Gasteiger charge is -2.07. The molecule has 0 atom stereocenters. The van der Waals surface area contributed by atoms with Gasteiger partial charge >= 0.3 is 0 Å². The van der Waals surface area contributed by atoms with Gasteiger partial charge in [-0.1, -0.05) is 30.3 Å². The Morgan fingerprint density at radius 3 is 2.56 bits per heavy atom. The quantitative estimate of drug-likeness (QED) is 0.681. The summed E-state index contributed by atoms with van der Waals surface area (Å²) in [6, 6.07) is 10.5.